The van der Waals surface area contributed by atoms with Gasteiger partial charge in [0.15, 0.2) is 0 Å². The standard InChI is InChI=1S/C19H23N5O/c1-13-19(14(2)25-23-13)15-5-6-18(21-8-15)16-4-3-7-24(10-16)11-17-9-20-12-22-17/h5-6,8-9,12,16H,3-4,7,10-11H2,1-2H3,(H,20,22)/t16-/m0/s1. The molecule has 1 aliphatic heterocycles. The molecule has 0 unspecified atom stereocenters. The fourth-order valence-electron chi connectivity index (χ4n) is 3.74. The number of aromatic amines is 1. The second-order valence-electron chi connectivity index (χ2n) is 6.82. The van der Waals surface area contributed by atoms with Crippen LogP contribution in [-0.2, 0) is 6.54 Å². The van der Waals surface area contributed by atoms with Crippen molar-refractivity contribution in [3.63, 3.8) is 0 Å². The molecule has 0 amide bonds. The van der Waals surface area contributed by atoms with Gasteiger partial charge in [0.25, 0.3) is 0 Å². The zero-order chi connectivity index (χ0) is 17.2. The predicted molar refractivity (Wildman–Crippen MR) is 95.0 cm³/mol. The van der Waals surface area contributed by atoms with Gasteiger partial charge in [-0.25, -0.2) is 4.98 Å². The largest absolute Gasteiger partial charge is 0.361 e. The average Bonchev–Trinajstić information content (AvgIpc) is 3.25. The first-order valence-corrected chi connectivity index (χ1v) is 8.79. The third kappa shape index (κ3) is 3.35. The van der Waals surface area contributed by atoms with Crippen LogP contribution < -0.4 is 0 Å². The Morgan fingerprint density at radius 2 is 2.20 bits per heavy atom. The van der Waals surface area contributed by atoms with Crippen molar-refractivity contribution < 1.29 is 4.52 Å². The molecule has 0 aliphatic carbocycles. The molecule has 25 heavy (non-hydrogen) atoms. The highest BCUT2D eigenvalue weighted by Crippen LogP contribution is 2.30. The molecule has 3 aromatic heterocycles. The minimum atomic E-state index is 0.482. The van der Waals surface area contributed by atoms with E-state index in [0.717, 1.165) is 42.2 Å². The van der Waals surface area contributed by atoms with Crippen LogP contribution in [0.15, 0.2) is 35.4 Å². The van der Waals surface area contributed by atoms with Gasteiger partial charge in [0.1, 0.15) is 5.76 Å². The molecule has 0 aromatic carbocycles. The third-order valence-corrected chi connectivity index (χ3v) is 4.98. The van der Waals surface area contributed by atoms with E-state index in [1.54, 1.807) is 6.33 Å². The Bertz CT molecular complexity index is 803. The molecule has 4 rings (SSSR count). The Hall–Kier alpha value is -2.47. The van der Waals surface area contributed by atoms with Gasteiger partial charge < -0.3 is 9.51 Å². The Labute approximate surface area is 147 Å². The molecule has 1 N–H and O–H groups in total. The molecule has 0 spiro atoms. The zero-order valence-corrected chi connectivity index (χ0v) is 14.7. The summed E-state index contributed by atoms with van der Waals surface area (Å²) in [5, 5.41) is 4.03. The lowest BCUT2D eigenvalue weighted by atomic mass is 9.93. The number of nitrogens with one attached hydrogen (secondary N) is 1. The number of nitrogens with zero attached hydrogens (tertiary/aromatic N) is 4. The highest BCUT2D eigenvalue weighted by Gasteiger charge is 2.23. The van der Waals surface area contributed by atoms with Gasteiger partial charge in [0.05, 0.1) is 12.0 Å². The molecule has 0 bridgehead atoms. The maximum atomic E-state index is 5.27. The van der Waals surface area contributed by atoms with E-state index in [2.05, 4.69) is 32.2 Å². The summed E-state index contributed by atoms with van der Waals surface area (Å²) in [7, 11) is 0. The summed E-state index contributed by atoms with van der Waals surface area (Å²) in [6.07, 6.45) is 7.99. The molecule has 0 radical (unpaired) electrons. The van der Waals surface area contributed by atoms with Crippen molar-refractivity contribution in [1.29, 1.82) is 0 Å². The zero-order valence-electron chi connectivity index (χ0n) is 14.7. The maximum Gasteiger partial charge on any atom is 0.141 e. The van der Waals surface area contributed by atoms with Crippen LogP contribution in [-0.4, -0.2) is 38.1 Å². The monoisotopic (exact) mass is 337 g/mol. The van der Waals surface area contributed by atoms with Crippen LogP contribution in [0.1, 0.15) is 41.6 Å². The summed E-state index contributed by atoms with van der Waals surface area (Å²) in [6.45, 7) is 7.00. The first-order chi connectivity index (χ1) is 12.2. The molecule has 4 heterocycles. The van der Waals surface area contributed by atoms with Crippen molar-refractivity contribution in [2.75, 3.05) is 13.1 Å². The molecular formula is C19H23N5O. The van der Waals surface area contributed by atoms with Crippen molar-refractivity contribution in [3.05, 3.63) is 53.7 Å². The molecule has 130 valence electrons. The van der Waals surface area contributed by atoms with Crippen LogP contribution in [0.2, 0.25) is 0 Å². The molecule has 1 saturated heterocycles. The number of hydrogen-bond donors (Lipinski definition) is 1. The van der Waals surface area contributed by atoms with E-state index >= 15 is 0 Å². The predicted octanol–water partition coefficient (Wildman–Crippen LogP) is 3.46. The Morgan fingerprint density at radius 1 is 1.28 bits per heavy atom. The van der Waals surface area contributed by atoms with Crippen LogP contribution in [0.4, 0.5) is 0 Å². The second-order valence-corrected chi connectivity index (χ2v) is 6.82. The lowest BCUT2D eigenvalue weighted by Gasteiger charge is -2.32. The SMILES string of the molecule is Cc1noc(C)c1-c1ccc([C@H]2CCCN(Cc3cnc[nH]3)C2)nc1. The van der Waals surface area contributed by atoms with E-state index < -0.39 is 0 Å². The minimum absolute atomic E-state index is 0.482. The first-order valence-electron chi connectivity index (χ1n) is 8.79. The van der Waals surface area contributed by atoms with Crippen molar-refractivity contribution >= 4 is 0 Å². The van der Waals surface area contributed by atoms with E-state index in [-0.39, 0.29) is 0 Å². The van der Waals surface area contributed by atoms with E-state index in [4.69, 9.17) is 9.51 Å². The van der Waals surface area contributed by atoms with E-state index in [9.17, 15) is 0 Å². The number of rotatable bonds is 4. The highest BCUT2D eigenvalue weighted by atomic mass is 16.5. The summed E-state index contributed by atoms with van der Waals surface area (Å²) in [5.74, 6) is 1.32. The Kier molecular flexibility index (Phi) is 4.36. The van der Waals surface area contributed by atoms with E-state index in [1.165, 1.54) is 24.2 Å². The number of pyridine rings is 1. The van der Waals surface area contributed by atoms with Gasteiger partial charge in [0.2, 0.25) is 0 Å². The number of imidazole rings is 1. The van der Waals surface area contributed by atoms with Crippen molar-refractivity contribution in [3.8, 4) is 11.1 Å². The van der Waals surface area contributed by atoms with Gasteiger partial charge in [-0.2, -0.15) is 0 Å². The number of H-pyrrole nitrogens is 1. The van der Waals surface area contributed by atoms with Crippen molar-refractivity contribution in [2.24, 2.45) is 0 Å². The van der Waals surface area contributed by atoms with Crippen LogP contribution in [0.25, 0.3) is 11.1 Å². The maximum absolute atomic E-state index is 5.27. The average molecular weight is 337 g/mol. The number of aryl methyl sites for hydroxylation is 2. The van der Waals surface area contributed by atoms with Crippen LogP contribution in [0.5, 0.6) is 0 Å². The third-order valence-electron chi connectivity index (χ3n) is 4.98. The topological polar surface area (TPSA) is 70.8 Å². The molecule has 6 nitrogen and oxygen atoms in total. The second kappa shape index (κ2) is 6.80. The van der Waals surface area contributed by atoms with Gasteiger partial charge in [-0.3, -0.25) is 9.88 Å². The fourth-order valence-corrected chi connectivity index (χ4v) is 3.74. The van der Waals surface area contributed by atoms with Gasteiger partial charge >= 0.3 is 0 Å². The van der Waals surface area contributed by atoms with Crippen LogP contribution in [0.3, 0.4) is 0 Å². The molecule has 6 heteroatoms. The molecule has 3 aromatic rings. The lowest BCUT2D eigenvalue weighted by Crippen LogP contribution is -2.34. The van der Waals surface area contributed by atoms with Gasteiger partial charge in [-0.1, -0.05) is 11.2 Å². The number of hydrogen-bond acceptors (Lipinski definition) is 5. The van der Waals surface area contributed by atoms with E-state index in [0.29, 0.717) is 5.92 Å². The van der Waals surface area contributed by atoms with Crippen LogP contribution in [0, 0.1) is 13.8 Å². The van der Waals surface area contributed by atoms with Gasteiger partial charge in [-0.05, 0) is 39.3 Å². The highest BCUT2D eigenvalue weighted by molar-refractivity contribution is 5.66. The summed E-state index contributed by atoms with van der Waals surface area (Å²) in [5.41, 5.74) is 5.39. The minimum Gasteiger partial charge on any atom is -0.361 e. The first kappa shape index (κ1) is 16.0. The Morgan fingerprint density at radius 3 is 2.88 bits per heavy atom. The molecule has 0 saturated carbocycles. The molecule has 1 aliphatic rings. The number of aromatic nitrogens is 4. The van der Waals surface area contributed by atoms with Gasteiger partial charge in [-0.15, -0.1) is 0 Å². The molecule has 1 atom stereocenters. The summed E-state index contributed by atoms with van der Waals surface area (Å²) < 4.78 is 5.27. The number of likely N-dealkylation sites (tertiary alicyclic amines) is 1. The number of piperidine rings is 1. The molecular weight excluding hydrogens is 314 g/mol. The van der Waals surface area contributed by atoms with Crippen molar-refractivity contribution in [2.45, 2.75) is 39.2 Å². The summed E-state index contributed by atoms with van der Waals surface area (Å²) >= 11 is 0. The summed E-state index contributed by atoms with van der Waals surface area (Å²) in [4.78, 5) is 14.5. The quantitative estimate of drug-likeness (QED) is 0.789. The van der Waals surface area contributed by atoms with Gasteiger partial charge in [0, 0.05) is 53.9 Å². The summed E-state index contributed by atoms with van der Waals surface area (Å²) in [6, 6.07) is 4.30. The van der Waals surface area contributed by atoms with E-state index in [1.807, 2.05) is 26.2 Å². The smallest absolute Gasteiger partial charge is 0.141 e. The van der Waals surface area contributed by atoms with Crippen molar-refractivity contribution in [1.82, 2.24) is 25.0 Å². The lowest BCUT2D eigenvalue weighted by molar-refractivity contribution is 0.196. The Balaban J connectivity index is 1.48. The van der Waals surface area contributed by atoms with Crippen LogP contribution >= 0.6 is 0 Å². The normalized spacial score (nSPS) is 18.6. The molecule has 1 fully saturated rings. The fraction of sp³-hybridized carbons (Fsp3) is 0.421.